The van der Waals surface area contributed by atoms with Crippen LogP contribution in [0.1, 0.15) is 25.7 Å². The monoisotopic (exact) mass is 300 g/mol. The third-order valence-electron chi connectivity index (χ3n) is 4.11. The van der Waals surface area contributed by atoms with Crippen LogP contribution in [-0.2, 0) is 9.47 Å². The Morgan fingerprint density at radius 3 is 2.95 bits per heavy atom. The van der Waals surface area contributed by atoms with Crippen molar-refractivity contribution < 1.29 is 9.47 Å². The van der Waals surface area contributed by atoms with Gasteiger partial charge in [0.15, 0.2) is 5.76 Å². The Bertz CT molecular complexity index is 529. The van der Waals surface area contributed by atoms with Gasteiger partial charge in [-0.1, -0.05) is 29.9 Å². The largest absolute Gasteiger partial charge is 0.466 e. The minimum atomic E-state index is 0.144. The van der Waals surface area contributed by atoms with Gasteiger partial charge in [0.05, 0.1) is 6.04 Å². The highest BCUT2D eigenvalue weighted by Gasteiger charge is 2.20. The van der Waals surface area contributed by atoms with E-state index in [0.29, 0.717) is 0 Å². The fourth-order valence-electron chi connectivity index (χ4n) is 2.88. The molecule has 2 aliphatic heterocycles. The zero-order valence-electron chi connectivity index (χ0n) is 12.9. The van der Waals surface area contributed by atoms with Gasteiger partial charge in [0.2, 0.25) is 0 Å². The summed E-state index contributed by atoms with van der Waals surface area (Å²) in [6, 6.07) is 0.144. The molecule has 3 rings (SSSR count). The van der Waals surface area contributed by atoms with Crippen molar-refractivity contribution in [1.29, 1.82) is 0 Å². The third kappa shape index (κ3) is 4.36. The topological polar surface area (TPSA) is 42.5 Å². The first kappa shape index (κ1) is 15.1. The molecule has 4 nitrogen and oxygen atoms in total. The average molecular weight is 300 g/mol. The number of ether oxygens (including phenoxy) is 2. The summed E-state index contributed by atoms with van der Waals surface area (Å²) in [4.78, 5) is 0. The van der Waals surface area contributed by atoms with Gasteiger partial charge in [-0.25, -0.2) is 0 Å². The Kier molecular flexibility index (Phi) is 5.51. The van der Waals surface area contributed by atoms with Crippen LogP contribution < -0.4 is 10.6 Å². The summed E-state index contributed by atoms with van der Waals surface area (Å²) in [6.45, 7) is 2.94. The highest BCUT2D eigenvalue weighted by Crippen LogP contribution is 2.22. The summed E-state index contributed by atoms with van der Waals surface area (Å²) in [6.07, 6.45) is 18.1. The molecule has 4 heteroatoms. The number of hydrogen-bond acceptors (Lipinski definition) is 4. The van der Waals surface area contributed by atoms with Crippen molar-refractivity contribution in [1.82, 2.24) is 10.6 Å². The Balaban J connectivity index is 1.62. The smallest absolute Gasteiger partial charge is 0.155 e. The molecule has 0 aromatic heterocycles. The first-order valence-electron chi connectivity index (χ1n) is 8.05. The van der Waals surface area contributed by atoms with Crippen LogP contribution in [0.2, 0.25) is 0 Å². The number of nitrogens with one attached hydrogen (secondary N) is 2. The SMILES string of the molecule is C1=CCCC(CC(NCC2=CCCNC2)C2=COC=CO2)=C1. The second-order valence-electron chi connectivity index (χ2n) is 5.80. The van der Waals surface area contributed by atoms with Crippen LogP contribution in [-0.4, -0.2) is 25.7 Å². The van der Waals surface area contributed by atoms with Gasteiger partial charge in [-0.3, -0.25) is 0 Å². The van der Waals surface area contributed by atoms with Crippen LogP contribution in [0, 0.1) is 0 Å². The lowest BCUT2D eigenvalue weighted by Gasteiger charge is -2.25. The van der Waals surface area contributed by atoms with Gasteiger partial charge in [-0.05, 0) is 37.8 Å². The Morgan fingerprint density at radius 1 is 1.23 bits per heavy atom. The van der Waals surface area contributed by atoms with Crippen LogP contribution in [0.3, 0.4) is 0 Å². The van der Waals surface area contributed by atoms with Crippen LogP contribution in [0.5, 0.6) is 0 Å². The van der Waals surface area contributed by atoms with E-state index in [1.807, 2.05) is 0 Å². The first-order valence-corrected chi connectivity index (χ1v) is 8.05. The number of rotatable bonds is 6. The second-order valence-corrected chi connectivity index (χ2v) is 5.80. The zero-order chi connectivity index (χ0) is 15.0. The van der Waals surface area contributed by atoms with Gasteiger partial charge < -0.3 is 20.1 Å². The Hall–Kier alpha value is -1.78. The molecule has 0 amide bonds. The molecule has 0 bridgehead atoms. The van der Waals surface area contributed by atoms with Crippen molar-refractivity contribution >= 4 is 0 Å². The maximum atomic E-state index is 5.63. The van der Waals surface area contributed by atoms with E-state index in [9.17, 15) is 0 Å². The molecule has 0 saturated carbocycles. The summed E-state index contributed by atoms with van der Waals surface area (Å²) < 4.78 is 10.9. The zero-order valence-corrected chi connectivity index (χ0v) is 12.9. The van der Waals surface area contributed by atoms with E-state index in [2.05, 4.69) is 34.9 Å². The van der Waals surface area contributed by atoms with Crippen molar-refractivity contribution in [2.45, 2.75) is 31.7 Å². The summed E-state index contributed by atoms with van der Waals surface area (Å²) >= 11 is 0. The third-order valence-corrected chi connectivity index (χ3v) is 4.11. The molecular weight excluding hydrogens is 276 g/mol. The first-order chi connectivity index (χ1) is 10.9. The molecule has 118 valence electrons. The molecule has 0 radical (unpaired) electrons. The van der Waals surface area contributed by atoms with Crippen molar-refractivity contribution in [2.24, 2.45) is 0 Å². The average Bonchev–Trinajstić information content (AvgIpc) is 2.61. The fraction of sp³-hybridized carbons (Fsp3) is 0.444. The van der Waals surface area contributed by atoms with Crippen molar-refractivity contribution in [2.75, 3.05) is 19.6 Å². The Morgan fingerprint density at radius 2 is 2.23 bits per heavy atom. The predicted octanol–water partition coefficient (Wildman–Crippen LogP) is 2.89. The molecule has 2 N–H and O–H groups in total. The number of hydrogen-bond donors (Lipinski definition) is 2. The summed E-state index contributed by atoms with van der Waals surface area (Å²) in [5, 5.41) is 7.04. The van der Waals surface area contributed by atoms with Crippen molar-refractivity contribution in [3.8, 4) is 0 Å². The summed E-state index contributed by atoms with van der Waals surface area (Å²) in [7, 11) is 0. The van der Waals surface area contributed by atoms with Crippen LogP contribution >= 0.6 is 0 Å². The van der Waals surface area contributed by atoms with E-state index in [1.165, 1.54) is 11.1 Å². The van der Waals surface area contributed by atoms with E-state index >= 15 is 0 Å². The van der Waals surface area contributed by atoms with Crippen LogP contribution in [0.15, 0.2) is 60.0 Å². The minimum Gasteiger partial charge on any atom is -0.466 e. The van der Waals surface area contributed by atoms with Gasteiger partial charge in [0.1, 0.15) is 18.8 Å². The minimum absolute atomic E-state index is 0.144. The molecule has 0 fully saturated rings. The molecule has 1 aliphatic carbocycles. The molecule has 0 aromatic carbocycles. The van der Waals surface area contributed by atoms with Crippen molar-refractivity contribution in [3.63, 3.8) is 0 Å². The lowest BCUT2D eigenvalue weighted by molar-refractivity contribution is 0.226. The normalized spacial score (nSPS) is 22.1. The highest BCUT2D eigenvalue weighted by atomic mass is 16.5. The van der Waals surface area contributed by atoms with E-state index in [1.54, 1.807) is 18.8 Å². The molecular formula is C18H24N2O2. The lowest BCUT2D eigenvalue weighted by Crippen LogP contribution is -2.36. The van der Waals surface area contributed by atoms with E-state index in [4.69, 9.17) is 9.47 Å². The predicted molar refractivity (Wildman–Crippen MR) is 87.8 cm³/mol. The van der Waals surface area contributed by atoms with Gasteiger partial charge >= 0.3 is 0 Å². The van der Waals surface area contributed by atoms with Gasteiger partial charge in [-0.15, -0.1) is 0 Å². The molecule has 1 atom stereocenters. The molecule has 0 saturated heterocycles. The van der Waals surface area contributed by atoms with Gasteiger partial charge in [0, 0.05) is 13.1 Å². The van der Waals surface area contributed by atoms with Crippen molar-refractivity contribution in [3.05, 3.63) is 60.0 Å². The highest BCUT2D eigenvalue weighted by molar-refractivity contribution is 5.22. The maximum Gasteiger partial charge on any atom is 0.155 e. The quantitative estimate of drug-likeness (QED) is 0.740. The van der Waals surface area contributed by atoms with Crippen LogP contribution in [0.4, 0.5) is 0 Å². The summed E-state index contributed by atoms with van der Waals surface area (Å²) in [5.41, 5.74) is 2.87. The molecule has 0 aromatic rings. The molecule has 1 unspecified atom stereocenters. The van der Waals surface area contributed by atoms with Gasteiger partial charge in [0.25, 0.3) is 0 Å². The number of allylic oxidation sites excluding steroid dienone is 3. The van der Waals surface area contributed by atoms with Gasteiger partial charge in [-0.2, -0.15) is 0 Å². The Labute approximate surface area is 132 Å². The molecule has 22 heavy (non-hydrogen) atoms. The van der Waals surface area contributed by atoms with E-state index in [-0.39, 0.29) is 6.04 Å². The molecule has 3 aliphatic rings. The standard InChI is InChI=1S/C18H24N2O2/c1-2-5-15(6-3-1)11-17(18-14-21-9-10-22-18)20-13-16-7-4-8-19-12-16/h1-2,5,7,9-10,14,17,19-20H,3-4,6,8,11-13H2. The second kappa shape index (κ2) is 8.01. The molecule has 0 spiro atoms. The van der Waals surface area contributed by atoms with E-state index in [0.717, 1.165) is 51.1 Å². The fourth-order valence-corrected chi connectivity index (χ4v) is 2.88. The van der Waals surface area contributed by atoms with Crippen LogP contribution in [0.25, 0.3) is 0 Å². The summed E-state index contributed by atoms with van der Waals surface area (Å²) in [5.74, 6) is 0.849. The molecule has 2 heterocycles. The lowest BCUT2D eigenvalue weighted by atomic mass is 9.97. The maximum absolute atomic E-state index is 5.63. The van der Waals surface area contributed by atoms with E-state index < -0.39 is 0 Å².